The summed E-state index contributed by atoms with van der Waals surface area (Å²) in [5.41, 5.74) is -0.839. The van der Waals surface area contributed by atoms with Gasteiger partial charge in [-0.15, -0.1) is 11.3 Å². The number of carbonyl (C=O) groups excluding carboxylic acids is 2. The van der Waals surface area contributed by atoms with Gasteiger partial charge in [-0.1, -0.05) is 11.6 Å². The highest BCUT2D eigenvalue weighted by Gasteiger charge is 2.36. The number of hydrogen-bond donors (Lipinski definition) is 1. The van der Waals surface area contributed by atoms with Crippen molar-refractivity contribution >= 4 is 34.8 Å². The fourth-order valence-electron chi connectivity index (χ4n) is 1.97. The van der Waals surface area contributed by atoms with Crippen LogP contribution in [0.3, 0.4) is 0 Å². The highest BCUT2D eigenvalue weighted by atomic mass is 35.5. The monoisotopic (exact) mass is 286 g/mol. The summed E-state index contributed by atoms with van der Waals surface area (Å²) >= 11 is 7.33. The molecule has 0 atom stereocenters. The number of nitrogens with zero attached hydrogens (tertiary/aromatic N) is 1. The van der Waals surface area contributed by atoms with E-state index in [1.54, 1.807) is 18.7 Å². The van der Waals surface area contributed by atoms with E-state index >= 15 is 0 Å². The summed E-state index contributed by atoms with van der Waals surface area (Å²) in [6, 6.07) is 3.73. The Morgan fingerprint density at radius 2 is 2.17 bits per heavy atom. The van der Waals surface area contributed by atoms with Gasteiger partial charge in [0.15, 0.2) is 0 Å². The summed E-state index contributed by atoms with van der Waals surface area (Å²) in [7, 11) is 0. The number of rotatable bonds is 2. The molecule has 1 aromatic rings. The minimum atomic E-state index is -0.839. The Bertz CT molecular complexity index is 484. The summed E-state index contributed by atoms with van der Waals surface area (Å²) in [5, 5.41) is 2.74. The lowest BCUT2D eigenvalue weighted by Gasteiger charge is -2.28. The van der Waals surface area contributed by atoms with Crippen LogP contribution in [-0.4, -0.2) is 28.8 Å². The van der Waals surface area contributed by atoms with E-state index in [-0.39, 0.29) is 11.8 Å². The molecule has 0 spiro atoms. The van der Waals surface area contributed by atoms with Gasteiger partial charge in [0.05, 0.1) is 10.9 Å². The first kappa shape index (κ1) is 13.4. The molecule has 1 aliphatic rings. The maximum Gasteiger partial charge on any atom is 0.248 e. The molecule has 1 aliphatic heterocycles. The van der Waals surface area contributed by atoms with Gasteiger partial charge in [-0.3, -0.25) is 9.59 Å². The Kier molecular flexibility index (Phi) is 3.64. The Morgan fingerprint density at radius 3 is 2.78 bits per heavy atom. The van der Waals surface area contributed by atoms with Gasteiger partial charge in [-0.2, -0.15) is 0 Å². The molecule has 4 nitrogen and oxygen atoms in total. The largest absolute Gasteiger partial charge is 0.342 e. The average molecular weight is 287 g/mol. The molecule has 1 N–H and O–H groups in total. The van der Waals surface area contributed by atoms with Crippen LogP contribution < -0.4 is 5.32 Å². The lowest BCUT2D eigenvalue weighted by molar-refractivity contribution is -0.137. The van der Waals surface area contributed by atoms with E-state index in [9.17, 15) is 9.59 Å². The first-order chi connectivity index (χ1) is 8.38. The molecule has 0 aromatic carbocycles. The molecule has 0 radical (unpaired) electrons. The fraction of sp³-hybridized carbons (Fsp3) is 0.500. The second-order valence-electron chi connectivity index (χ2n) is 4.86. The minimum absolute atomic E-state index is 0.0575. The molecule has 0 saturated carbocycles. The molecule has 0 unspecified atom stereocenters. The molecule has 98 valence electrons. The first-order valence-corrected chi connectivity index (χ1v) is 6.92. The van der Waals surface area contributed by atoms with Crippen LogP contribution in [0.25, 0.3) is 0 Å². The van der Waals surface area contributed by atoms with Crippen LogP contribution >= 0.6 is 22.9 Å². The van der Waals surface area contributed by atoms with Crippen LogP contribution in [0.1, 0.15) is 25.1 Å². The molecule has 2 rings (SSSR count). The van der Waals surface area contributed by atoms with E-state index in [1.165, 1.54) is 11.3 Å². The molecule has 0 bridgehead atoms. The molecule has 2 heterocycles. The van der Waals surface area contributed by atoms with Crippen LogP contribution in [0.4, 0.5) is 0 Å². The second-order valence-corrected chi connectivity index (χ2v) is 6.66. The summed E-state index contributed by atoms with van der Waals surface area (Å²) in [5.74, 6) is -0.141. The standard InChI is InChI=1S/C12H15ClN2O2S/c1-12(2)11(17)15(6-5-10(16)14-12)7-8-3-4-9(13)18-8/h3-4H,5-7H2,1-2H3,(H,14,16). The molecule has 6 heteroatoms. The highest BCUT2D eigenvalue weighted by Crippen LogP contribution is 2.24. The molecular weight excluding hydrogens is 272 g/mol. The molecule has 0 aliphatic carbocycles. The van der Waals surface area contributed by atoms with E-state index in [4.69, 9.17) is 11.6 Å². The Balaban J connectivity index is 2.16. The van der Waals surface area contributed by atoms with Crippen molar-refractivity contribution < 1.29 is 9.59 Å². The third kappa shape index (κ3) is 2.84. The zero-order valence-corrected chi connectivity index (χ0v) is 11.9. The number of nitrogens with one attached hydrogen (secondary N) is 1. The zero-order chi connectivity index (χ0) is 13.3. The van der Waals surface area contributed by atoms with Gasteiger partial charge in [0.1, 0.15) is 5.54 Å². The fourth-order valence-corrected chi connectivity index (χ4v) is 3.08. The van der Waals surface area contributed by atoms with Gasteiger partial charge < -0.3 is 10.2 Å². The lowest BCUT2D eigenvalue weighted by Crippen LogP contribution is -2.52. The maximum absolute atomic E-state index is 12.3. The smallest absolute Gasteiger partial charge is 0.248 e. The summed E-state index contributed by atoms with van der Waals surface area (Å²) in [6.07, 6.45) is 0.342. The molecular formula is C12H15ClN2O2S. The second kappa shape index (κ2) is 4.90. The van der Waals surface area contributed by atoms with Gasteiger partial charge >= 0.3 is 0 Å². The minimum Gasteiger partial charge on any atom is -0.342 e. The molecule has 1 saturated heterocycles. The number of halogens is 1. The first-order valence-electron chi connectivity index (χ1n) is 5.73. The van der Waals surface area contributed by atoms with Crippen molar-refractivity contribution in [3.63, 3.8) is 0 Å². The predicted molar refractivity (Wildman–Crippen MR) is 71.6 cm³/mol. The van der Waals surface area contributed by atoms with Crippen LogP contribution in [0.5, 0.6) is 0 Å². The molecule has 1 fully saturated rings. The van der Waals surface area contributed by atoms with Crippen LogP contribution in [0.15, 0.2) is 12.1 Å². The van der Waals surface area contributed by atoms with Crippen molar-refractivity contribution in [1.29, 1.82) is 0 Å². The average Bonchev–Trinajstić information content (AvgIpc) is 2.64. The summed E-state index contributed by atoms with van der Waals surface area (Å²) in [6.45, 7) is 4.41. The van der Waals surface area contributed by atoms with E-state index in [1.807, 2.05) is 12.1 Å². The Morgan fingerprint density at radius 1 is 1.44 bits per heavy atom. The van der Waals surface area contributed by atoms with Crippen molar-refractivity contribution in [1.82, 2.24) is 10.2 Å². The lowest BCUT2D eigenvalue weighted by atomic mass is 10.0. The number of thiophene rings is 1. The van der Waals surface area contributed by atoms with E-state index in [2.05, 4.69) is 5.32 Å². The van der Waals surface area contributed by atoms with Crippen molar-refractivity contribution in [3.8, 4) is 0 Å². The van der Waals surface area contributed by atoms with Crippen molar-refractivity contribution in [2.75, 3.05) is 6.54 Å². The van der Waals surface area contributed by atoms with Crippen molar-refractivity contribution in [3.05, 3.63) is 21.3 Å². The number of amides is 2. The van der Waals surface area contributed by atoms with Gasteiger partial charge in [-0.25, -0.2) is 0 Å². The van der Waals surface area contributed by atoms with Crippen LogP contribution in [-0.2, 0) is 16.1 Å². The Hall–Kier alpha value is -1.07. The third-order valence-corrected chi connectivity index (χ3v) is 4.07. The van der Waals surface area contributed by atoms with Crippen molar-refractivity contribution in [2.24, 2.45) is 0 Å². The van der Waals surface area contributed by atoms with Gasteiger partial charge in [0, 0.05) is 17.8 Å². The van der Waals surface area contributed by atoms with Crippen LogP contribution in [0, 0.1) is 0 Å². The third-order valence-electron chi connectivity index (χ3n) is 2.86. The maximum atomic E-state index is 12.3. The SMILES string of the molecule is CC1(C)NC(=O)CCN(Cc2ccc(Cl)s2)C1=O. The quantitative estimate of drug-likeness (QED) is 0.904. The van der Waals surface area contributed by atoms with E-state index in [0.717, 1.165) is 4.88 Å². The number of hydrogen-bond acceptors (Lipinski definition) is 3. The topological polar surface area (TPSA) is 49.4 Å². The van der Waals surface area contributed by atoms with Gasteiger partial charge in [0.2, 0.25) is 11.8 Å². The van der Waals surface area contributed by atoms with Crippen molar-refractivity contribution in [2.45, 2.75) is 32.4 Å². The zero-order valence-electron chi connectivity index (χ0n) is 10.3. The van der Waals surface area contributed by atoms with Crippen LogP contribution in [0.2, 0.25) is 4.34 Å². The van der Waals surface area contributed by atoms with E-state index in [0.29, 0.717) is 23.8 Å². The number of carbonyl (C=O) groups is 2. The predicted octanol–water partition coefficient (Wildman–Crippen LogP) is 2.03. The van der Waals surface area contributed by atoms with Gasteiger partial charge in [-0.05, 0) is 26.0 Å². The normalized spacial score (nSPS) is 19.6. The molecule has 18 heavy (non-hydrogen) atoms. The van der Waals surface area contributed by atoms with E-state index < -0.39 is 5.54 Å². The summed E-state index contributed by atoms with van der Waals surface area (Å²) < 4.78 is 0.709. The Labute approximate surface area is 115 Å². The van der Waals surface area contributed by atoms with Gasteiger partial charge in [0.25, 0.3) is 0 Å². The molecule has 1 aromatic heterocycles. The molecule has 2 amide bonds. The highest BCUT2D eigenvalue weighted by molar-refractivity contribution is 7.16. The summed E-state index contributed by atoms with van der Waals surface area (Å²) in [4.78, 5) is 26.6.